The molecule has 3 rings (SSSR count). The van der Waals surface area contributed by atoms with Gasteiger partial charge in [0.05, 0.1) is 13.5 Å². The Morgan fingerprint density at radius 1 is 0.944 bits per heavy atom. The Morgan fingerprint density at radius 3 is 2.25 bits per heavy atom. The lowest BCUT2D eigenvalue weighted by Crippen LogP contribution is -2.23. The van der Waals surface area contributed by atoms with E-state index in [0.29, 0.717) is 46.3 Å². The van der Waals surface area contributed by atoms with Gasteiger partial charge in [-0.25, -0.2) is 0 Å². The van der Waals surface area contributed by atoms with E-state index in [-0.39, 0.29) is 32.6 Å². The Hall–Kier alpha value is -3.27. The summed E-state index contributed by atoms with van der Waals surface area (Å²) >= 11 is 0. The smallest absolute Gasteiger partial charge is 0.188 e. The van der Waals surface area contributed by atoms with Crippen molar-refractivity contribution in [1.29, 1.82) is 0 Å². The molecule has 0 aliphatic carbocycles. The Balaban J connectivity index is 2.04. The molecule has 9 heteroatoms. The number of carbonyl (C=O) groups excluding carboxylic acids is 1. The standard InChI is InChI=1S/C27H34O9/c1-17(2)7-9-20-23(35-16-31-5)13-25-26(27(20)32-6)21(28)12-24(36-25)19-10-8-18(33-14-29-3)11-22(19)34-15-30-4/h7-8,10-11,13,24H,9,12,14-16H2,1-6H3. The molecular weight excluding hydrogens is 468 g/mol. The highest BCUT2D eigenvalue weighted by molar-refractivity contribution is 6.03. The molecule has 1 atom stereocenters. The third-order valence-corrected chi connectivity index (χ3v) is 5.48. The van der Waals surface area contributed by atoms with Gasteiger partial charge in [0.25, 0.3) is 0 Å². The van der Waals surface area contributed by atoms with E-state index in [1.165, 1.54) is 14.2 Å². The van der Waals surface area contributed by atoms with Crippen LogP contribution in [0.2, 0.25) is 0 Å². The molecular formula is C27H34O9. The van der Waals surface area contributed by atoms with Crippen molar-refractivity contribution in [1.82, 2.24) is 0 Å². The second-order valence-electron chi connectivity index (χ2n) is 8.33. The third kappa shape index (κ3) is 6.48. The first-order chi connectivity index (χ1) is 17.4. The Labute approximate surface area is 211 Å². The highest BCUT2D eigenvalue weighted by atomic mass is 16.7. The fraction of sp³-hybridized carbons (Fsp3) is 0.444. The van der Waals surface area contributed by atoms with Crippen molar-refractivity contribution < 1.29 is 42.7 Å². The van der Waals surface area contributed by atoms with Crippen molar-refractivity contribution in [3.8, 4) is 28.7 Å². The molecule has 1 heterocycles. The molecule has 0 fully saturated rings. The maximum atomic E-state index is 13.5. The zero-order chi connectivity index (χ0) is 26.1. The van der Waals surface area contributed by atoms with Crippen LogP contribution >= 0.6 is 0 Å². The van der Waals surface area contributed by atoms with Crippen LogP contribution in [0.4, 0.5) is 0 Å². The van der Waals surface area contributed by atoms with Gasteiger partial charge in [-0.05, 0) is 32.4 Å². The second-order valence-corrected chi connectivity index (χ2v) is 8.33. The van der Waals surface area contributed by atoms with Crippen LogP contribution < -0.4 is 23.7 Å². The first-order valence-corrected chi connectivity index (χ1v) is 11.5. The van der Waals surface area contributed by atoms with Gasteiger partial charge in [-0.3, -0.25) is 4.79 Å². The minimum atomic E-state index is -0.600. The largest absolute Gasteiger partial charge is 0.495 e. The quantitative estimate of drug-likeness (QED) is 0.281. The molecule has 1 aliphatic rings. The number of fused-ring (bicyclic) bond motifs is 1. The van der Waals surface area contributed by atoms with Gasteiger partial charge in [0.15, 0.2) is 26.2 Å². The zero-order valence-electron chi connectivity index (χ0n) is 21.7. The van der Waals surface area contributed by atoms with Gasteiger partial charge in [0.2, 0.25) is 0 Å². The summed E-state index contributed by atoms with van der Waals surface area (Å²) in [7, 11) is 6.15. The zero-order valence-corrected chi connectivity index (χ0v) is 21.7. The van der Waals surface area contributed by atoms with Crippen molar-refractivity contribution in [2.24, 2.45) is 0 Å². The highest BCUT2D eigenvalue weighted by Crippen LogP contribution is 2.47. The number of benzene rings is 2. The van der Waals surface area contributed by atoms with Gasteiger partial charge in [-0.15, -0.1) is 0 Å². The van der Waals surface area contributed by atoms with E-state index in [1.807, 2.05) is 26.0 Å². The average Bonchev–Trinajstić information content (AvgIpc) is 2.87. The molecule has 0 bridgehead atoms. The number of methoxy groups -OCH3 is 4. The molecule has 0 saturated heterocycles. The summed E-state index contributed by atoms with van der Waals surface area (Å²) in [6, 6.07) is 7.02. The minimum Gasteiger partial charge on any atom is -0.495 e. The second kappa shape index (κ2) is 13.2. The number of allylic oxidation sites excluding steroid dienone is 2. The summed E-state index contributed by atoms with van der Waals surface area (Å²) in [5, 5.41) is 0. The van der Waals surface area contributed by atoms with E-state index < -0.39 is 6.10 Å². The minimum absolute atomic E-state index is 0.0224. The van der Waals surface area contributed by atoms with Gasteiger partial charge in [0, 0.05) is 44.6 Å². The molecule has 196 valence electrons. The number of hydrogen-bond donors (Lipinski definition) is 0. The number of carbonyl (C=O) groups is 1. The summed E-state index contributed by atoms with van der Waals surface area (Å²) in [6.07, 6.45) is 2.09. The lowest BCUT2D eigenvalue weighted by molar-refractivity contribution is 0.0438. The average molecular weight is 503 g/mol. The lowest BCUT2D eigenvalue weighted by Gasteiger charge is -2.29. The number of hydrogen-bond acceptors (Lipinski definition) is 9. The normalized spacial score (nSPS) is 14.5. The number of rotatable bonds is 13. The SMILES string of the molecule is COCOc1ccc(C2CC(=O)c3c(cc(OCOC)c(CC=C(C)C)c3OC)O2)c(OCOC)c1. The maximum Gasteiger partial charge on any atom is 0.188 e. The van der Waals surface area contributed by atoms with E-state index in [1.54, 1.807) is 32.4 Å². The predicted molar refractivity (Wildman–Crippen MR) is 132 cm³/mol. The van der Waals surface area contributed by atoms with Gasteiger partial charge >= 0.3 is 0 Å². The lowest BCUT2D eigenvalue weighted by atomic mass is 9.92. The van der Waals surface area contributed by atoms with Crippen LogP contribution in [0.1, 0.15) is 47.9 Å². The monoisotopic (exact) mass is 502 g/mol. The Morgan fingerprint density at radius 2 is 1.61 bits per heavy atom. The molecule has 1 unspecified atom stereocenters. The van der Waals surface area contributed by atoms with E-state index in [2.05, 4.69) is 0 Å². The molecule has 0 saturated carbocycles. The van der Waals surface area contributed by atoms with Crippen molar-refractivity contribution in [3.05, 3.63) is 52.6 Å². The van der Waals surface area contributed by atoms with Gasteiger partial charge in [-0.1, -0.05) is 11.6 Å². The highest BCUT2D eigenvalue weighted by Gasteiger charge is 2.35. The molecule has 36 heavy (non-hydrogen) atoms. The molecule has 2 aromatic rings. The molecule has 0 aromatic heterocycles. The summed E-state index contributed by atoms with van der Waals surface area (Å²) in [5.74, 6) is 2.27. The number of Topliss-reactive ketones (excluding diaryl/α,β-unsaturated/α-hetero) is 1. The Bertz CT molecular complexity index is 1070. The molecule has 0 radical (unpaired) electrons. The summed E-state index contributed by atoms with van der Waals surface area (Å²) in [6.45, 7) is 4.17. The molecule has 0 N–H and O–H groups in total. The van der Waals surface area contributed by atoms with Crippen LogP contribution in [0.25, 0.3) is 0 Å². The fourth-order valence-corrected chi connectivity index (χ4v) is 3.87. The van der Waals surface area contributed by atoms with E-state index in [4.69, 9.17) is 37.9 Å². The molecule has 0 spiro atoms. The van der Waals surface area contributed by atoms with Crippen LogP contribution in [-0.2, 0) is 20.6 Å². The van der Waals surface area contributed by atoms with Crippen LogP contribution in [0.5, 0.6) is 28.7 Å². The topological polar surface area (TPSA) is 90.9 Å². The number of ether oxygens (including phenoxy) is 8. The van der Waals surface area contributed by atoms with Crippen molar-refractivity contribution in [2.75, 3.05) is 48.8 Å². The Kier molecular flexibility index (Phi) is 9.98. The van der Waals surface area contributed by atoms with Crippen molar-refractivity contribution in [2.45, 2.75) is 32.8 Å². The third-order valence-electron chi connectivity index (χ3n) is 5.48. The fourth-order valence-electron chi connectivity index (χ4n) is 3.87. The molecule has 2 aromatic carbocycles. The summed E-state index contributed by atoms with van der Waals surface area (Å²) in [5.41, 5.74) is 2.98. The van der Waals surface area contributed by atoms with E-state index in [9.17, 15) is 4.79 Å². The molecule has 0 amide bonds. The molecule has 1 aliphatic heterocycles. The van der Waals surface area contributed by atoms with Gasteiger partial charge < -0.3 is 37.9 Å². The van der Waals surface area contributed by atoms with Crippen molar-refractivity contribution in [3.63, 3.8) is 0 Å². The van der Waals surface area contributed by atoms with E-state index in [0.717, 1.165) is 11.1 Å². The summed E-state index contributed by atoms with van der Waals surface area (Å²) < 4.78 is 44.4. The van der Waals surface area contributed by atoms with Crippen LogP contribution in [-0.4, -0.2) is 54.6 Å². The van der Waals surface area contributed by atoms with Crippen LogP contribution in [0.3, 0.4) is 0 Å². The van der Waals surface area contributed by atoms with Crippen LogP contribution in [0.15, 0.2) is 35.9 Å². The first kappa shape index (κ1) is 27.3. The van der Waals surface area contributed by atoms with Crippen LogP contribution in [0, 0.1) is 0 Å². The maximum absolute atomic E-state index is 13.5. The predicted octanol–water partition coefficient (Wildman–Crippen LogP) is 4.86. The van der Waals surface area contributed by atoms with Gasteiger partial charge in [0.1, 0.15) is 40.4 Å². The van der Waals surface area contributed by atoms with Crippen molar-refractivity contribution >= 4 is 5.78 Å². The number of ketones is 1. The first-order valence-electron chi connectivity index (χ1n) is 11.5. The van der Waals surface area contributed by atoms with Gasteiger partial charge in [-0.2, -0.15) is 0 Å². The summed E-state index contributed by atoms with van der Waals surface area (Å²) in [4.78, 5) is 13.5. The molecule has 9 nitrogen and oxygen atoms in total. The van der Waals surface area contributed by atoms with E-state index >= 15 is 0 Å².